The van der Waals surface area contributed by atoms with Crippen LogP contribution in [0.2, 0.25) is 0 Å². The third-order valence-corrected chi connectivity index (χ3v) is 1.14. The Morgan fingerprint density at radius 3 is 2.33 bits per heavy atom. The van der Waals surface area contributed by atoms with Crippen molar-refractivity contribution in [3.8, 4) is 0 Å². The molecule has 50 valence electrons. The summed E-state index contributed by atoms with van der Waals surface area (Å²) >= 11 is 0. The number of nitrogens with two attached hydrogens (primary N) is 1. The lowest BCUT2D eigenvalue weighted by Crippen LogP contribution is -2.17. The van der Waals surface area contributed by atoms with Gasteiger partial charge in [-0.05, 0) is 0 Å². The van der Waals surface area contributed by atoms with Crippen molar-refractivity contribution in [2.45, 2.75) is 0 Å². The molecule has 0 radical (unpaired) electrons. The Labute approximate surface area is 55.6 Å². The minimum Gasteiger partial charge on any atom is -0.387 e. The first-order chi connectivity index (χ1) is 4.16. The van der Waals surface area contributed by atoms with Crippen molar-refractivity contribution >= 4 is 22.2 Å². The van der Waals surface area contributed by atoms with E-state index in [0.29, 0.717) is 10.4 Å². The quantitative estimate of drug-likeness (QED) is 0.330. The molecule has 0 atom stereocenters. The lowest BCUT2D eigenvalue weighted by Gasteiger charge is -1.86. The molecule has 0 saturated carbocycles. The molecule has 0 aromatic heterocycles. The van der Waals surface area contributed by atoms with E-state index in [4.69, 9.17) is 5.73 Å². The molecule has 0 aromatic rings. The molecule has 0 saturated heterocycles. The Bertz CT molecular complexity index is 155. The summed E-state index contributed by atoms with van der Waals surface area (Å²) in [5, 5.41) is 0. The van der Waals surface area contributed by atoms with Gasteiger partial charge in [-0.3, -0.25) is 9.59 Å². The maximum Gasteiger partial charge on any atom is 0.241 e. The van der Waals surface area contributed by atoms with Crippen molar-refractivity contribution < 1.29 is 9.59 Å². The van der Waals surface area contributed by atoms with E-state index in [1.54, 1.807) is 0 Å². The molecule has 5 heteroatoms. The van der Waals surface area contributed by atoms with Gasteiger partial charge in [0.15, 0.2) is 0 Å². The largest absolute Gasteiger partial charge is 0.387 e. The summed E-state index contributed by atoms with van der Waals surface area (Å²) < 4.78 is 0. The Kier molecular flexibility index (Phi) is 3.37. The van der Waals surface area contributed by atoms with Gasteiger partial charge in [0, 0.05) is 12.2 Å². The number of hydrogen-bond donors (Lipinski definition) is 2. The second-order valence-electron chi connectivity index (χ2n) is 1.35. The summed E-state index contributed by atoms with van der Waals surface area (Å²) in [4.78, 5) is 22.8. The maximum absolute atomic E-state index is 10.3. The fourth-order valence-electron chi connectivity index (χ4n) is 0.241. The van der Waals surface area contributed by atoms with Gasteiger partial charge in [-0.1, -0.05) is 0 Å². The summed E-state index contributed by atoms with van der Waals surface area (Å²) in [6, 6.07) is 0. The number of primary amides is 1. The highest BCUT2D eigenvalue weighted by Gasteiger charge is 1.87. The molecule has 0 rings (SSSR count). The van der Waals surface area contributed by atoms with Gasteiger partial charge in [0.2, 0.25) is 11.8 Å². The van der Waals surface area contributed by atoms with E-state index in [2.05, 4.69) is 4.98 Å². The lowest BCUT2D eigenvalue weighted by atomic mass is 10.5. The summed E-state index contributed by atoms with van der Waals surface area (Å²) in [5.74, 6) is -0.888. The predicted molar refractivity (Wildman–Crippen MR) is 36.4 cm³/mol. The number of nitrogens with one attached hydrogen (secondary N) is 1. The average molecular weight is 144 g/mol. The number of hydrogen-bond acceptors (Lipinski definition) is 2. The van der Waals surface area contributed by atoms with Crippen LogP contribution in [0, 0.1) is 0 Å². The van der Waals surface area contributed by atoms with Crippen LogP contribution in [-0.2, 0) is 9.59 Å². The van der Waals surface area contributed by atoms with Gasteiger partial charge in [0.05, 0.1) is 0 Å². The number of carbonyl (C=O) groups excluding carboxylic acids is 2. The van der Waals surface area contributed by atoms with Crippen LogP contribution in [0.1, 0.15) is 0 Å². The van der Waals surface area contributed by atoms with Gasteiger partial charge in [0.1, 0.15) is 10.4 Å². The first-order valence-corrected chi connectivity index (χ1v) is 3.36. The van der Waals surface area contributed by atoms with E-state index >= 15 is 0 Å². The standard InChI is InChI=1S/C4H8N2O2Si/c5-3(7)1-2-4(8)6-9/h1-2H,9H3,(H2,5,7)(H,6,8)/b2-1-. The van der Waals surface area contributed by atoms with Crippen molar-refractivity contribution in [1.82, 2.24) is 4.98 Å². The van der Waals surface area contributed by atoms with E-state index in [1.165, 1.54) is 0 Å². The minimum absolute atomic E-state index is 0.277. The second-order valence-corrected chi connectivity index (χ2v) is 1.85. The molecular weight excluding hydrogens is 136 g/mol. The van der Waals surface area contributed by atoms with Crippen molar-refractivity contribution in [2.24, 2.45) is 5.73 Å². The van der Waals surface area contributed by atoms with Crippen LogP contribution in [0.3, 0.4) is 0 Å². The summed E-state index contributed by atoms with van der Waals surface area (Å²) in [7, 11) is 0.580. The average Bonchev–Trinajstić information content (AvgIpc) is 1.83. The molecule has 2 amide bonds. The van der Waals surface area contributed by atoms with Gasteiger partial charge in [0.25, 0.3) is 0 Å². The first kappa shape index (κ1) is 7.90. The van der Waals surface area contributed by atoms with Crippen molar-refractivity contribution in [3.63, 3.8) is 0 Å². The maximum atomic E-state index is 10.3. The van der Waals surface area contributed by atoms with Crippen molar-refractivity contribution in [1.29, 1.82) is 0 Å². The van der Waals surface area contributed by atoms with Crippen LogP contribution in [-0.4, -0.2) is 22.2 Å². The van der Waals surface area contributed by atoms with Crippen LogP contribution in [0.25, 0.3) is 0 Å². The normalized spacial score (nSPS) is 9.78. The molecule has 0 aliphatic rings. The molecular formula is C4H8N2O2Si. The van der Waals surface area contributed by atoms with Crippen LogP contribution in [0.15, 0.2) is 12.2 Å². The molecule has 9 heavy (non-hydrogen) atoms. The van der Waals surface area contributed by atoms with Crippen molar-refractivity contribution in [2.75, 3.05) is 0 Å². The summed E-state index contributed by atoms with van der Waals surface area (Å²) in [6.45, 7) is 0. The zero-order valence-electron chi connectivity index (χ0n) is 5.05. The fraction of sp³-hybridized carbons (Fsp3) is 0. The smallest absolute Gasteiger partial charge is 0.241 e. The zero-order valence-corrected chi connectivity index (χ0v) is 7.05. The topological polar surface area (TPSA) is 72.2 Å². The second kappa shape index (κ2) is 3.85. The van der Waals surface area contributed by atoms with Gasteiger partial charge in [-0.15, -0.1) is 0 Å². The number of rotatable bonds is 2. The van der Waals surface area contributed by atoms with Crippen molar-refractivity contribution in [3.05, 3.63) is 12.2 Å². The molecule has 4 nitrogen and oxygen atoms in total. The third kappa shape index (κ3) is 4.76. The van der Waals surface area contributed by atoms with E-state index in [9.17, 15) is 9.59 Å². The van der Waals surface area contributed by atoms with Crippen LogP contribution in [0.4, 0.5) is 0 Å². The third-order valence-electron chi connectivity index (χ3n) is 0.645. The molecule has 0 aliphatic heterocycles. The fourth-order valence-corrected chi connectivity index (χ4v) is 0.408. The Hall–Kier alpha value is -1.10. The summed E-state index contributed by atoms with van der Waals surface area (Å²) in [6.07, 6.45) is 2.13. The molecule has 3 N–H and O–H groups in total. The van der Waals surface area contributed by atoms with Gasteiger partial charge in [-0.2, -0.15) is 0 Å². The number of carbonyl (C=O) groups is 2. The monoisotopic (exact) mass is 144 g/mol. The Morgan fingerprint density at radius 1 is 1.44 bits per heavy atom. The van der Waals surface area contributed by atoms with E-state index in [0.717, 1.165) is 12.2 Å². The number of amides is 2. The lowest BCUT2D eigenvalue weighted by molar-refractivity contribution is -0.116. The molecule has 0 aliphatic carbocycles. The van der Waals surface area contributed by atoms with E-state index in [-0.39, 0.29) is 5.91 Å². The van der Waals surface area contributed by atoms with Crippen LogP contribution >= 0.6 is 0 Å². The molecule has 0 bridgehead atoms. The highest BCUT2D eigenvalue weighted by atomic mass is 28.2. The van der Waals surface area contributed by atoms with Gasteiger partial charge in [-0.25, -0.2) is 0 Å². The molecule has 0 aromatic carbocycles. The Morgan fingerprint density at radius 2 is 2.00 bits per heavy atom. The van der Waals surface area contributed by atoms with Crippen LogP contribution < -0.4 is 10.7 Å². The van der Waals surface area contributed by atoms with Gasteiger partial charge >= 0.3 is 0 Å². The Balaban J connectivity index is 3.71. The predicted octanol–water partition coefficient (Wildman–Crippen LogP) is -2.58. The molecule has 0 heterocycles. The van der Waals surface area contributed by atoms with E-state index < -0.39 is 5.91 Å². The van der Waals surface area contributed by atoms with E-state index in [1.807, 2.05) is 0 Å². The molecule has 0 fully saturated rings. The minimum atomic E-state index is -0.611. The summed E-state index contributed by atoms with van der Waals surface area (Å²) in [5.41, 5.74) is 4.70. The van der Waals surface area contributed by atoms with Gasteiger partial charge < -0.3 is 10.7 Å². The molecule has 0 spiro atoms. The first-order valence-electron chi connectivity index (χ1n) is 2.36. The van der Waals surface area contributed by atoms with Crippen LogP contribution in [0.5, 0.6) is 0 Å². The highest BCUT2D eigenvalue weighted by molar-refractivity contribution is 6.17. The molecule has 0 unspecified atom stereocenters. The SMILES string of the molecule is NC(=O)/C=C\C(=O)N[SiH3]. The highest BCUT2D eigenvalue weighted by Crippen LogP contribution is 1.68. The zero-order chi connectivity index (χ0) is 7.28.